The third kappa shape index (κ3) is 9.75. The van der Waals surface area contributed by atoms with Gasteiger partial charge >= 0.3 is 22.3 Å². The number of ether oxygens (including phenoxy) is 1. The molecule has 11 nitrogen and oxygen atoms in total. The van der Waals surface area contributed by atoms with E-state index in [9.17, 15) is 9.13 Å². The number of benzene rings is 3. The van der Waals surface area contributed by atoms with Crippen LogP contribution in [0.25, 0.3) is 0 Å². The minimum atomic E-state index is -3.81. The number of hydrogen-bond donors (Lipinski definition) is 0. The van der Waals surface area contributed by atoms with E-state index in [0.717, 1.165) is 16.9 Å². The normalized spacial score (nSPS) is 13.2. The molecule has 0 saturated carbocycles. The van der Waals surface area contributed by atoms with Crippen LogP contribution < -0.4 is 9.26 Å². The summed E-state index contributed by atoms with van der Waals surface area (Å²) in [7, 11) is -0.334. The highest BCUT2D eigenvalue weighted by Crippen LogP contribution is 2.63. The van der Waals surface area contributed by atoms with Gasteiger partial charge in [-0.05, 0) is 53.1 Å². The van der Waals surface area contributed by atoms with Crippen LogP contribution in [0.3, 0.4) is 0 Å². The standard InChI is InChI=1S/C28H37N3O8P3S/c1-30(29-20-23-12-16-26(34-2)17-13-23)40(43)39-27-18-14-25(15-19-27)28(42(33,37-5)38-6)31(22-41(32,35-3)36-4)21-24-10-8-7-9-11-24/h7-20,28H,21-22H2,1-6H3/q+1/b29-20+. The number of hydrazone groups is 1. The maximum Gasteiger partial charge on any atom is 0.540 e. The van der Waals surface area contributed by atoms with E-state index < -0.39 is 28.0 Å². The van der Waals surface area contributed by atoms with Crippen LogP contribution in [0.15, 0.2) is 84.0 Å². The van der Waals surface area contributed by atoms with Crippen LogP contribution >= 0.6 is 22.3 Å². The first-order valence-electron chi connectivity index (χ1n) is 13.0. The molecule has 0 spiro atoms. The summed E-state index contributed by atoms with van der Waals surface area (Å²) < 4.78 is 61.4. The molecular weight excluding hydrogens is 631 g/mol. The van der Waals surface area contributed by atoms with Crippen LogP contribution in [-0.2, 0) is 45.6 Å². The molecule has 15 heteroatoms. The van der Waals surface area contributed by atoms with Gasteiger partial charge in [-0.2, -0.15) is 0 Å². The van der Waals surface area contributed by atoms with Gasteiger partial charge in [0.15, 0.2) is 5.75 Å². The van der Waals surface area contributed by atoms with Gasteiger partial charge in [0.2, 0.25) is 11.8 Å². The summed E-state index contributed by atoms with van der Waals surface area (Å²) in [5.41, 5.74) is 2.35. The van der Waals surface area contributed by atoms with Crippen LogP contribution in [0.2, 0.25) is 0 Å². The molecule has 3 aromatic rings. The molecular formula is C28H37N3O8P3S+. The van der Waals surface area contributed by atoms with Crippen molar-refractivity contribution < 1.29 is 36.5 Å². The van der Waals surface area contributed by atoms with E-state index in [1.54, 1.807) is 54.3 Å². The van der Waals surface area contributed by atoms with Crippen molar-refractivity contribution in [3.63, 3.8) is 0 Å². The molecule has 0 aromatic heterocycles. The molecule has 43 heavy (non-hydrogen) atoms. The lowest BCUT2D eigenvalue weighted by Gasteiger charge is -2.36. The van der Waals surface area contributed by atoms with E-state index in [4.69, 9.17) is 39.2 Å². The van der Waals surface area contributed by atoms with E-state index in [1.165, 1.54) is 28.4 Å². The van der Waals surface area contributed by atoms with Crippen molar-refractivity contribution in [2.45, 2.75) is 12.3 Å². The van der Waals surface area contributed by atoms with Crippen molar-refractivity contribution in [3.8, 4) is 11.5 Å². The van der Waals surface area contributed by atoms with Crippen molar-refractivity contribution in [3.05, 3.63) is 95.6 Å². The fourth-order valence-electron chi connectivity index (χ4n) is 4.04. The maximum absolute atomic E-state index is 14.0. The average molecular weight is 669 g/mol. The van der Waals surface area contributed by atoms with Gasteiger partial charge in [-0.1, -0.05) is 47.2 Å². The Morgan fingerprint density at radius 1 is 0.837 bits per heavy atom. The SMILES string of the molecule is COc1ccc(/C=N/N(C)[P+](=S)Oc2ccc(C(N(Cc3ccccc3)CP(=O)(OC)OC)P(=O)(OC)OC)cc2)cc1. The molecule has 0 aliphatic carbocycles. The Hall–Kier alpha value is -2.49. The molecule has 0 fully saturated rings. The van der Waals surface area contributed by atoms with Gasteiger partial charge in [0, 0.05) is 35.0 Å². The Morgan fingerprint density at radius 3 is 1.95 bits per heavy atom. The lowest BCUT2D eigenvalue weighted by molar-refractivity contribution is 0.182. The molecule has 0 saturated heterocycles. The van der Waals surface area contributed by atoms with Crippen molar-refractivity contribution in [2.75, 3.05) is 48.9 Å². The fraction of sp³-hybridized carbons (Fsp3) is 0.321. The zero-order valence-electron chi connectivity index (χ0n) is 24.9. The summed E-state index contributed by atoms with van der Waals surface area (Å²) in [6, 6.07) is 23.9. The molecule has 0 N–H and O–H groups in total. The molecule has 0 aliphatic heterocycles. The van der Waals surface area contributed by atoms with Gasteiger partial charge in [-0.25, -0.2) is 0 Å². The molecule has 2 atom stereocenters. The Bertz CT molecular complexity index is 1430. The Kier molecular flexibility index (Phi) is 13.5. The Morgan fingerprint density at radius 2 is 1.42 bits per heavy atom. The lowest BCUT2D eigenvalue weighted by atomic mass is 10.1. The Labute approximate surface area is 259 Å². The first-order valence-corrected chi connectivity index (χ1v) is 18.5. The highest BCUT2D eigenvalue weighted by atomic mass is 32.4. The summed E-state index contributed by atoms with van der Waals surface area (Å²) in [5, 5.41) is 4.40. The molecule has 0 bridgehead atoms. The summed E-state index contributed by atoms with van der Waals surface area (Å²) in [5.74, 6) is 0.290. The van der Waals surface area contributed by atoms with Gasteiger partial charge < -0.3 is 22.8 Å². The van der Waals surface area contributed by atoms with Crippen LogP contribution in [-0.4, -0.2) is 64.8 Å². The average Bonchev–Trinajstić information content (AvgIpc) is 3.04. The van der Waals surface area contributed by atoms with E-state index in [-0.39, 0.29) is 12.8 Å². The molecule has 2 unspecified atom stereocenters. The summed E-state index contributed by atoms with van der Waals surface area (Å²) in [6.45, 7) is 0.256. The Balaban J connectivity index is 1.87. The van der Waals surface area contributed by atoms with Crippen molar-refractivity contribution in [2.24, 2.45) is 5.10 Å². The number of nitrogens with zero attached hydrogens (tertiary/aromatic N) is 3. The predicted molar refractivity (Wildman–Crippen MR) is 173 cm³/mol. The van der Waals surface area contributed by atoms with Crippen molar-refractivity contribution >= 4 is 40.3 Å². The monoisotopic (exact) mass is 668 g/mol. The molecule has 232 valence electrons. The largest absolute Gasteiger partial charge is 0.540 e. The van der Waals surface area contributed by atoms with Crippen LogP contribution in [0.1, 0.15) is 22.5 Å². The van der Waals surface area contributed by atoms with E-state index in [2.05, 4.69) is 5.10 Å². The van der Waals surface area contributed by atoms with Crippen LogP contribution in [0.4, 0.5) is 0 Å². The van der Waals surface area contributed by atoms with E-state index in [0.29, 0.717) is 11.3 Å². The summed E-state index contributed by atoms with van der Waals surface area (Å²) >= 11 is 5.56. The minimum absolute atomic E-state index is 0.178. The topological polar surface area (TPSA) is 108 Å². The number of hydrogen-bond acceptors (Lipinski definition) is 11. The third-order valence-corrected chi connectivity index (χ3v) is 12.3. The molecule has 0 heterocycles. The predicted octanol–water partition coefficient (Wildman–Crippen LogP) is 7.24. The smallest absolute Gasteiger partial charge is 0.497 e. The van der Waals surface area contributed by atoms with Crippen molar-refractivity contribution in [1.29, 1.82) is 0 Å². The quantitative estimate of drug-likeness (QED) is 0.0825. The van der Waals surface area contributed by atoms with Crippen LogP contribution in [0.5, 0.6) is 11.5 Å². The minimum Gasteiger partial charge on any atom is -0.497 e. The molecule has 3 rings (SSSR count). The fourth-order valence-corrected chi connectivity index (χ4v) is 7.85. The van der Waals surface area contributed by atoms with E-state index >= 15 is 0 Å². The second-order valence-electron chi connectivity index (χ2n) is 9.03. The van der Waals surface area contributed by atoms with Crippen molar-refractivity contribution in [1.82, 2.24) is 9.68 Å². The zero-order chi connectivity index (χ0) is 31.5. The number of rotatable bonds is 17. The van der Waals surface area contributed by atoms with Gasteiger partial charge in [0.25, 0.3) is 0 Å². The molecule has 0 radical (unpaired) electrons. The summed E-state index contributed by atoms with van der Waals surface area (Å²) in [6.07, 6.45) is 1.51. The van der Waals surface area contributed by atoms with Gasteiger partial charge in [-0.3, -0.25) is 18.6 Å². The number of methoxy groups -OCH3 is 1. The zero-order valence-corrected chi connectivity index (χ0v) is 28.4. The maximum atomic E-state index is 14.0. The third-order valence-electron chi connectivity index (χ3n) is 6.38. The van der Waals surface area contributed by atoms with E-state index in [1.807, 2.05) is 54.6 Å². The molecule has 0 amide bonds. The molecule has 0 aliphatic rings. The van der Waals surface area contributed by atoms with Gasteiger partial charge in [-0.15, -0.1) is 5.10 Å². The first kappa shape index (κ1) is 35.0. The van der Waals surface area contributed by atoms with Gasteiger partial charge in [0.05, 0.1) is 20.4 Å². The highest BCUT2D eigenvalue weighted by molar-refractivity contribution is 8.02. The second-order valence-corrected chi connectivity index (χ2v) is 15.7. The first-order chi connectivity index (χ1) is 20.6. The highest BCUT2D eigenvalue weighted by Gasteiger charge is 2.43. The summed E-state index contributed by atoms with van der Waals surface area (Å²) in [4.78, 5) is 1.72. The second kappa shape index (κ2) is 16.5. The van der Waals surface area contributed by atoms with Gasteiger partial charge in [0.1, 0.15) is 17.8 Å². The lowest BCUT2D eigenvalue weighted by Crippen LogP contribution is -2.31. The molecule has 3 aromatic carbocycles. The van der Waals surface area contributed by atoms with Crippen LogP contribution in [0, 0.1) is 0 Å².